The van der Waals surface area contributed by atoms with Crippen LogP contribution >= 0.6 is 0 Å². The van der Waals surface area contributed by atoms with Crippen LogP contribution in [-0.2, 0) is 6.42 Å². The summed E-state index contributed by atoms with van der Waals surface area (Å²) < 4.78 is 0. The number of fused-ring (bicyclic) bond motifs is 2. The molecule has 2 atom stereocenters. The zero-order chi connectivity index (χ0) is 22.7. The summed E-state index contributed by atoms with van der Waals surface area (Å²) >= 11 is 0. The molecular weight excluding hydrogens is 404 g/mol. The topological polar surface area (TPSA) is 93.7 Å². The number of urea groups is 1. The maximum atomic E-state index is 13.2. The first-order valence-electron chi connectivity index (χ1n) is 11.1. The van der Waals surface area contributed by atoms with Crippen molar-refractivity contribution in [3.05, 3.63) is 65.2 Å². The number of benzene rings is 2. The van der Waals surface area contributed by atoms with E-state index in [1.807, 2.05) is 24.3 Å². The van der Waals surface area contributed by atoms with Crippen LogP contribution in [0, 0.1) is 5.92 Å². The second kappa shape index (κ2) is 9.44. The molecule has 168 valence electrons. The lowest BCUT2D eigenvalue weighted by molar-refractivity contribution is 0.0687. The zero-order valence-electron chi connectivity index (χ0n) is 18.5. The average molecular weight is 435 g/mol. The van der Waals surface area contributed by atoms with Crippen molar-refractivity contribution in [2.75, 3.05) is 30.3 Å². The van der Waals surface area contributed by atoms with Gasteiger partial charge in [-0.15, -0.1) is 0 Å². The smallest absolute Gasteiger partial charge is 0.323 e. The normalized spacial score (nSPS) is 20.2. The SMILES string of the molecule is CC1CN(CCO)C(=O)c2cccc(NC(=O)NC3=CCCc4ccccc43)c2NC1C. The number of β-amino-alcohol motifs (C(OH)–C–C–N with tert-alkyl or cyclic N) is 1. The summed E-state index contributed by atoms with van der Waals surface area (Å²) in [5.41, 5.74) is 4.68. The average Bonchev–Trinajstić information content (AvgIpc) is 2.79. The number of allylic oxidation sites excluding steroid dienone is 1. The molecule has 3 amide bonds. The van der Waals surface area contributed by atoms with E-state index in [1.165, 1.54) is 5.56 Å². The molecule has 0 bridgehead atoms. The Kier molecular flexibility index (Phi) is 6.46. The van der Waals surface area contributed by atoms with Crippen molar-refractivity contribution >= 4 is 29.0 Å². The van der Waals surface area contributed by atoms with E-state index in [1.54, 1.807) is 23.1 Å². The van der Waals surface area contributed by atoms with Gasteiger partial charge in [0, 0.05) is 30.4 Å². The predicted octanol–water partition coefficient (Wildman–Crippen LogP) is 3.68. The molecule has 7 heteroatoms. The standard InChI is InChI=1S/C25H30N4O3/c1-16-15-29(13-14-30)24(31)20-10-6-12-22(23(20)26-17(16)2)28-25(32)27-21-11-5-8-18-7-3-4-9-19(18)21/h3-4,6-7,9-12,16-17,26,30H,5,8,13-15H2,1-2H3,(H2,27,28,32). The van der Waals surface area contributed by atoms with Crippen molar-refractivity contribution in [1.82, 2.24) is 10.2 Å². The number of hydrogen-bond acceptors (Lipinski definition) is 4. The number of para-hydroxylation sites is 1. The number of aliphatic hydroxyl groups is 1. The minimum atomic E-state index is -0.356. The van der Waals surface area contributed by atoms with Crippen molar-refractivity contribution < 1.29 is 14.7 Å². The number of carbonyl (C=O) groups is 2. The van der Waals surface area contributed by atoms with Crippen LogP contribution in [0.4, 0.5) is 16.2 Å². The molecule has 4 rings (SSSR count). The van der Waals surface area contributed by atoms with Gasteiger partial charge in [-0.05, 0) is 43.4 Å². The van der Waals surface area contributed by atoms with Crippen molar-refractivity contribution in [2.45, 2.75) is 32.7 Å². The summed E-state index contributed by atoms with van der Waals surface area (Å²) in [6.45, 7) is 4.87. The van der Waals surface area contributed by atoms with Gasteiger partial charge in [0.2, 0.25) is 0 Å². The number of aliphatic hydroxyl groups excluding tert-OH is 1. The number of hydrogen-bond donors (Lipinski definition) is 4. The Morgan fingerprint density at radius 3 is 2.72 bits per heavy atom. The summed E-state index contributed by atoms with van der Waals surface area (Å²) in [5, 5.41) is 18.7. The molecule has 2 aliphatic rings. The summed E-state index contributed by atoms with van der Waals surface area (Å²) in [4.78, 5) is 27.7. The number of anilines is 2. The van der Waals surface area contributed by atoms with Gasteiger partial charge in [0.1, 0.15) is 0 Å². The highest BCUT2D eigenvalue weighted by molar-refractivity contribution is 6.06. The van der Waals surface area contributed by atoms with Gasteiger partial charge in [-0.2, -0.15) is 0 Å². The molecule has 1 aliphatic heterocycles. The molecule has 0 saturated heterocycles. The van der Waals surface area contributed by atoms with Gasteiger partial charge in [0.05, 0.1) is 23.5 Å². The lowest BCUT2D eigenvalue weighted by Gasteiger charge is -2.34. The van der Waals surface area contributed by atoms with Crippen LogP contribution in [0.25, 0.3) is 5.70 Å². The van der Waals surface area contributed by atoms with E-state index in [-0.39, 0.29) is 37.0 Å². The minimum Gasteiger partial charge on any atom is -0.395 e. The van der Waals surface area contributed by atoms with Gasteiger partial charge in [-0.3, -0.25) is 4.79 Å². The molecule has 0 aromatic heterocycles. The van der Waals surface area contributed by atoms with Crippen LogP contribution in [0.2, 0.25) is 0 Å². The van der Waals surface area contributed by atoms with E-state index in [4.69, 9.17) is 0 Å². The van der Waals surface area contributed by atoms with Gasteiger partial charge in [-0.1, -0.05) is 43.3 Å². The van der Waals surface area contributed by atoms with Gasteiger partial charge >= 0.3 is 6.03 Å². The third-order valence-electron chi connectivity index (χ3n) is 6.25. The first-order chi connectivity index (χ1) is 15.5. The van der Waals surface area contributed by atoms with Gasteiger partial charge in [0.15, 0.2) is 0 Å². The van der Waals surface area contributed by atoms with Gasteiger partial charge in [0.25, 0.3) is 5.91 Å². The highest BCUT2D eigenvalue weighted by Gasteiger charge is 2.28. The third kappa shape index (κ3) is 4.48. The number of carbonyl (C=O) groups excluding carboxylic acids is 2. The van der Waals surface area contributed by atoms with Gasteiger partial charge in [-0.25, -0.2) is 4.79 Å². The molecule has 7 nitrogen and oxygen atoms in total. The molecule has 2 aromatic rings. The van der Waals surface area contributed by atoms with Crippen molar-refractivity contribution in [1.29, 1.82) is 0 Å². The van der Waals surface area contributed by atoms with Crippen LogP contribution in [-0.4, -0.2) is 47.7 Å². The van der Waals surface area contributed by atoms with Crippen LogP contribution in [0.15, 0.2) is 48.5 Å². The lowest BCUT2D eigenvalue weighted by Crippen LogP contribution is -2.43. The van der Waals surface area contributed by atoms with Crippen LogP contribution in [0.5, 0.6) is 0 Å². The first-order valence-corrected chi connectivity index (χ1v) is 11.1. The van der Waals surface area contributed by atoms with Crippen LogP contribution in [0.3, 0.4) is 0 Å². The fourth-order valence-corrected chi connectivity index (χ4v) is 4.31. The molecule has 32 heavy (non-hydrogen) atoms. The fraction of sp³-hybridized carbons (Fsp3) is 0.360. The molecular formula is C25H30N4O3. The van der Waals surface area contributed by atoms with Crippen LogP contribution < -0.4 is 16.0 Å². The van der Waals surface area contributed by atoms with Crippen LogP contribution in [0.1, 0.15) is 41.8 Å². The lowest BCUT2D eigenvalue weighted by atomic mass is 9.95. The van der Waals surface area contributed by atoms with Crippen molar-refractivity contribution in [3.63, 3.8) is 0 Å². The molecule has 0 saturated carbocycles. The number of amides is 3. The molecule has 4 N–H and O–H groups in total. The summed E-state index contributed by atoms with van der Waals surface area (Å²) in [6, 6.07) is 13.1. The van der Waals surface area contributed by atoms with E-state index in [2.05, 4.69) is 35.9 Å². The number of rotatable bonds is 4. The van der Waals surface area contributed by atoms with Gasteiger partial charge < -0.3 is 26.0 Å². The predicted molar refractivity (Wildman–Crippen MR) is 127 cm³/mol. The second-order valence-electron chi connectivity index (χ2n) is 8.51. The molecule has 1 heterocycles. The number of nitrogens with one attached hydrogen (secondary N) is 3. The summed E-state index contributed by atoms with van der Waals surface area (Å²) in [5.74, 6) is 0.0118. The Morgan fingerprint density at radius 1 is 1.12 bits per heavy atom. The zero-order valence-corrected chi connectivity index (χ0v) is 18.5. The molecule has 0 radical (unpaired) electrons. The Bertz CT molecular complexity index is 1050. The third-order valence-corrected chi connectivity index (χ3v) is 6.25. The van der Waals surface area contributed by atoms with E-state index < -0.39 is 0 Å². The number of nitrogens with zero attached hydrogens (tertiary/aromatic N) is 1. The van der Waals surface area contributed by atoms with E-state index in [9.17, 15) is 14.7 Å². The quantitative estimate of drug-likeness (QED) is 0.591. The fourth-order valence-electron chi connectivity index (χ4n) is 4.31. The Morgan fingerprint density at radius 2 is 1.91 bits per heavy atom. The molecule has 0 spiro atoms. The largest absolute Gasteiger partial charge is 0.395 e. The maximum Gasteiger partial charge on any atom is 0.323 e. The Labute approximate surface area is 188 Å². The maximum absolute atomic E-state index is 13.2. The minimum absolute atomic E-state index is 0.0713. The molecule has 0 fully saturated rings. The highest BCUT2D eigenvalue weighted by atomic mass is 16.3. The second-order valence-corrected chi connectivity index (χ2v) is 8.51. The summed E-state index contributed by atoms with van der Waals surface area (Å²) in [6.07, 6.45) is 3.87. The van der Waals surface area contributed by atoms with E-state index >= 15 is 0 Å². The van der Waals surface area contributed by atoms with Crippen molar-refractivity contribution in [2.24, 2.45) is 5.92 Å². The molecule has 1 aliphatic carbocycles. The molecule has 2 unspecified atom stereocenters. The number of aryl methyl sites for hydroxylation is 1. The Hall–Kier alpha value is -3.32. The highest BCUT2D eigenvalue weighted by Crippen LogP contribution is 2.32. The van der Waals surface area contributed by atoms with Crippen molar-refractivity contribution in [3.8, 4) is 0 Å². The molecule has 2 aromatic carbocycles. The first kappa shape index (κ1) is 21.9. The summed E-state index contributed by atoms with van der Waals surface area (Å²) in [7, 11) is 0. The Balaban J connectivity index is 1.59. The van der Waals surface area contributed by atoms with E-state index in [0.717, 1.165) is 24.1 Å². The van der Waals surface area contributed by atoms with E-state index in [0.29, 0.717) is 23.5 Å². The monoisotopic (exact) mass is 434 g/mol.